The van der Waals surface area contributed by atoms with E-state index in [2.05, 4.69) is 30.3 Å². The lowest BCUT2D eigenvalue weighted by molar-refractivity contribution is -0.139. The normalized spacial score (nSPS) is 13.6. The van der Waals surface area contributed by atoms with Crippen molar-refractivity contribution in [2.24, 2.45) is 10.7 Å². The van der Waals surface area contributed by atoms with Crippen molar-refractivity contribution in [1.29, 1.82) is 0 Å². The van der Waals surface area contributed by atoms with Crippen molar-refractivity contribution in [2.75, 3.05) is 25.0 Å². The van der Waals surface area contributed by atoms with Crippen LogP contribution in [0.1, 0.15) is 5.82 Å². The summed E-state index contributed by atoms with van der Waals surface area (Å²) in [6.45, 7) is -0.589. The minimum absolute atomic E-state index is 0.0413. The molecule has 0 aliphatic heterocycles. The first-order valence-corrected chi connectivity index (χ1v) is 13.3. The van der Waals surface area contributed by atoms with Crippen LogP contribution in [0.25, 0.3) is 10.6 Å². The van der Waals surface area contributed by atoms with Crippen molar-refractivity contribution in [3.8, 4) is 10.6 Å². The second-order valence-electron chi connectivity index (χ2n) is 6.04. The number of hydrogen-bond donors (Lipinski definition) is 1. The predicted octanol–water partition coefficient (Wildman–Crippen LogP) is 3.39. The third-order valence-electron chi connectivity index (χ3n) is 3.60. The van der Waals surface area contributed by atoms with Crippen molar-refractivity contribution in [1.82, 2.24) is 9.36 Å². The zero-order valence-electron chi connectivity index (χ0n) is 16.5. The van der Waals surface area contributed by atoms with Gasteiger partial charge in [-0.1, -0.05) is 12.1 Å². The lowest BCUT2D eigenvalue weighted by Gasteiger charge is -2.10. The van der Waals surface area contributed by atoms with Gasteiger partial charge < -0.3 is 10.5 Å². The van der Waals surface area contributed by atoms with Gasteiger partial charge in [0.1, 0.15) is 28.9 Å². The van der Waals surface area contributed by atoms with Crippen LogP contribution in [-0.4, -0.2) is 60.6 Å². The molecule has 0 saturated carbocycles. The van der Waals surface area contributed by atoms with Crippen LogP contribution in [0.15, 0.2) is 44.3 Å². The van der Waals surface area contributed by atoms with Crippen LogP contribution < -0.4 is 5.73 Å². The van der Waals surface area contributed by atoms with Gasteiger partial charge in [0.2, 0.25) is 0 Å². The number of halogens is 4. The van der Waals surface area contributed by atoms with Gasteiger partial charge in [-0.05, 0) is 45.9 Å². The quantitative estimate of drug-likeness (QED) is 0.290. The molecule has 2 rings (SSSR count). The zero-order valence-corrected chi connectivity index (χ0v) is 20.5. The summed E-state index contributed by atoms with van der Waals surface area (Å²) in [5.74, 6) is -0.938. The Morgan fingerprint density at radius 2 is 2.06 bits per heavy atom. The Morgan fingerprint density at radius 3 is 2.66 bits per heavy atom. The highest BCUT2D eigenvalue weighted by Gasteiger charge is 2.36. The lowest BCUT2D eigenvalue weighted by atomic mass is 10.2. The number of ether oxygens (including phenoxy) is 1. The van der Waals surface area contributed by atoms with E-state index in [-0.39, 0.29) is 21.7 Å². The summed E-state index contributed by atoms with van der Waals surface area (Å²) in [5, 5.41) is 0.231. The maximum Gasteiger partial charge on any atom is 0.431 e. The number of alkyl halides is 3. The number of nitrogens with zero attached hydrogens (tertiary/aromatic N) is 3. The number of aromatic nitrogens is 2. The maximum absolute atomic E-state index is 13.1. The topological polar surface area (TPSA) is 125 Å². The number of hydrogen-bond acceptors (Lipinski definition) is 10. The third kappa shape index (κ3) is 7.02. The van der Waals surface area contributed by atoms with Gasteiger partial charge in [0.25, 0.3) is 0 Å². The van der Waals surface area contributed by atoms with Crippen LogP contribution in [0.4, 0.5) is 13.2 Å². The molecule has 0 spiro atoms. The fraction of sp³-hybridized carbons (Fsp3) is 0.294. The fourth-order valence-electron chi connectivity index (χ4n) is 2.10. The fourth-order valence-corrected chi connectivity index (χ4v) is 4.20. The molecule has 1 aromatic carbocycles. The largest absolute Gasteiger partial charge is 0.453 e. The number of allylic oxidation sites excluding steroid dienone is 2. The maximum atomic E-state index is 13.1. The van der Waals surface area contributed by atoms with Gasteiger partial charge in [-0.25, -0.2) is 13.4 Å². The standard InChI is InChI=1S/C17H16BrF3N4O4S3/c1-30-8-29-11(26)7-23-13(12(18)14(22)17(19,20)21)15-24-16(31-25-15)9-4-3-5-10(6-9)32(2,27)28/h3-6H,7-8,22H2,1-2H3/b14-12+,23-13?. The molecule has 2 aromatic rings. The molecule has 8 nitrogen and oxygen atoms in total. The molecule has 174 valence electrons. The average Bonchev–Trinajstić information content (AvgIpc) is 3.20. The number of sulfone groups is 1. The number of benzene rings is 1. The van der Waals surface area contributed by atoms with E-state index in [4.69, 9.17) is 10.5 Å². The molecule has 0 aliphatic rings. The van der Waals surface area contributed by atoms with Crippen LogP contribution in [0.2, 0.25) is 0 Å². The molecule has 0 aliphatic carbocycles. The zero-order chi connectivity index (χ0) is 24.1. The van der Waals surface area contributed by atoms with E-state index in [1.807, 2.05) is 0 Å². The highest BCUT2D eigenvalue weighted by Crippen LogP contribution is 2.30. The van der Waals surface area contributed by atoms with Crippen LogP contribution >= 0.6 is 39.2 Å². The first kappa shape index (κ1) is 26.3. The number of nitrogens with two attached hydrogens (primary N) is 1. The van der Waals surface area contributed by atoms with E-state index in [9.17, 15) is 26.4 Å². The molecule has 1 heterocycles. The number of thioether (sulfide) groups is 1. The smallest absolute Gasteiger partial charge is 0.431 e. The van der Waals surface area contributed by atoms with Crippen molar-refractivity contribution in [3.63, 3.8) is 0 Å². The summed E-state index contributed by atoms with van der Waals surface area (Å²) < 4.78 is 71.1. The summed E-state index contributed by atoms with van der Waals surface area (Å²) >= 11 is 4.83. The summed E-state index contributed by atoms with van der Waals surface area (Å²) in [4.78, 5) is 19.9. The first-order valence-electron chi connectivity index (χ1n) is 8.41. The molecule has 32 heavy (non-hydrogen) atoms. The van der Waals surface area contributed by atoms with Crippen LogP contribution in [-0.2, 0) is 19.4 Å². The predicted molar refractivity (Wildman–Crippen MR) is 121 cm³/mol. The van der Waals surface area contributed by atoms with E-state index >= 15 is 0 Å². The highest BCUT2D eigenvalue weighted by atomic mass is 79.9. The third-order valence-corrected chi connectivity index (χ3v) is 6.63. The summed E-state index contributed by atoms with van der Waals surface area (Å²) in [7, 11) is -3.49. The molecule has 0 fully saturated rings. The molecular weight excluding hydrogens is 557 g/mol. The Hall–Kier alpha value is -1.97. The minimum atomic E-state index is -4.87. The Morgan fingerprint density at radius 1 is 1.38 bits per heavy atom. The minimum Gasteiger partial charge on any atom is -0.453 e. The molecule has 0 radical (unpaired) electrons. The van der Waals surface area contributed by atoms with Crippen molar-refractivity contribution in [3.05, 3.63) is 40.3 Å². The number of carbonyl (C=O) groups excluding carboxylic acids is 1. The summed E-state index contributed by atoms with van der Waals surface area (Å²) in [6.07, 6.45) is -2.13. The number of rotatable bonds is 8. The van der Waals surface area contributed by atoms with Crippen LogP contribution in [0.5, 0.6) is 0 Å². The number of esters is 1. The molecule has 0 bridgehead atoms. The second kappa shape index (κ2) is 10.8. The van der Waals surface area contributed by atoms with E-state index in [1.54, 1.807) is 12.3 Å². The Balaban J connectivity index is 2.50. The van der Waals surface area contributed by atoms with E-state index in [0.717, 1.165) is 17.8 Å². The molecule has 0 unspecified atom stereocenters. The lowest BCUT2D eigenvalue weighted by Crippen LogP contribution is -2.24. The summed E-state index contributed by atoms with van der Waals surface area (Å²) in [6, 6.07) is 5.84. The van der Waals surface area contributed by atoms with Gasteiger partial charge in [-0.3, -0.25) is 9.79 Å². The van der Waals surface area contributed by atoms with Gasteiger partial charge in [-0.15, -0.1) is 11.8 Å². The summed E-state index contributed by atoms with van der Waals surface area (Å²) in [5.41, 5.74) is 3.70. The van der Waals surface area contributed by atoms with Gasteiger partial charge in [0.15, 0.2) is 15.7 Å². The van der Waals surface area contributed by atoms with Gasteiger partial charge in [-0.2, -0.15) is 17.5 Å². The molecule has 0 atom stereocenters. The number of aliphatic imine (C=N–C) groups is 1. The van der Waals surface area contributed by atoms with Gasteiger partial charge in [0, 0.05) is 11.8 Å². The molecular formula is C17H16BrF3N4O4S3. The van der Waals surface area contributed by atoms with Crippen LogP contribution in [0, 0.1) is 0 Å². The van der Waals surface area contributed by atoms with Crippen molar-refractivity contribution >= 4 is 60.7 Å². The molecule has 0 amide bonds. The van der Waals surface area contributed by atoms with Crippen molar-refractivity contribution < 1.29 is 31.1 Å². The molecule has 2 N–H and O–H groups in total. The Labute approximate surface area is 198 Å². The van der Waals surface area contributed by atoms with E-state index in [1.165, 1.54) is 30.0 Å². The van der Waals surface area contributed by atoms with E-state index in [0.29, 0.717) is 5.56 Å². The van der Waals surface area contributed by atoms with E-state index < -0.39 is 44.4 Å². The monoisotopic (exact) mass is 572 g/mol. The van der Waals surface area contributed by atoms with Crippen molar-refractivity contribution in [2.45, 2.75) is 11.1 Å². The Bertz CT molecular complexity index is 1160. The molecule has 1 aromatic heterocycles. The van der Waals surface area contributed by atoms with Gasteiger partial charge in [0.05, 0.1) is 9.38 Å². The van der Waals surface area contributed by atoms with Crippen LogP contribution in [0.3, 0.4) is 0 Å². The first-order chi connectivity index (χ1) is 14.8. The molecule has 15 heteroatoms. The number of carbonyl (C=O) groups is 1. The Kier molecular flexibility index (Phi) is 8.84. The molecule has 0 saturated heterocycles. The second-order valence-corrected chi connectivity index (χ2v) is 10.4. The van der Waals surface area contributed by atoms with Gasteiger partial charge >= 0.3 is 12.1 Å². The highest BCUT2D eigenvalue weighted by molar-refractivity contribution is 9.12. The SMILES string of the molecule is CSCOC(=O)CN=C(/C(Br)=C(\N)C(F)(F)F)c1nsc(-c2cccc(S(C)(=O)=O)c2)n1. The average molecular weight is 573 g/mol.